The number of nitrogens with two attached hydrogens (primary N) is 1. The van der Waals surface area contributed by atoms with Gasteiger partial charge in [0.15, 0.2) is 0 Å². The van der Waals surface area contributed by atoms with Crippen molar-refractivity contribution in [3.05, 3.63) is 35.4 Å². The van der Waals surface area contributed by atoms with Gasteiger partial charge in [0.1, 0.15) is 0 Å². The van der Waals surface area contributed by atoms with Crippen LogP contribution in [-0.2, 0) is 17.9 Å². The van der Waals surface area contributed by atoms with Crippen LogP contribution in [0.4, 0.5) is 0 Å². The van der Waals surface area contributed by atoms with Crippen molar-refractivity contribution < 1.29 is 4.79 Å². The molecule has 1 amide bonds. The van der Waals surface area contributed by atoms with Gasteiger partial charge in [-0.3, -0.25) is 4.79 Å². The monoisotopic (exact) mass is 375 g/mol. The number of benzene rings is 1. The number of carbonyl (C=O) groups is 1. The molecule has 138 valence electrons. The van der Waals surface area contributed by atoms with Crippen LogP contribution in [-0.4, -0.2) is 30.9 Å². The van der Waals surface area contributed by atoms with Gasteiger partial charge in [0, 0.05) is 19.0 Å². The molecule has 4 nitrogen and oxygen atoms in total. The van der Waals surface area contributed by atoms with E-state index in [1.54, 1.807) is 0 Å². The molecule has 24 heavy (non-hydrogen) atoms. The summed E-state index contributed by atoms with van der Waals surface area (Å²) in [5.74, 6) is 0.646. The number of hydrogen-bond acceptors (Lipinski definition) is 3. The van der Waals surface area contributed by atoms with Crippen LogP contribution in [0.25, 0.3) is 0 Å². The summed E-state index contributed by atoms with van der Waals surface area (Å²) in [5, 5.41) is 3.09. The van der Waals surface area contributed by atoms with Crippen LogP contribution >= 0.6 is 24.8 Å². The van der Waals surface area contributed by atoms with E-state index >= 15 is 0 Å². The predicted molar refractivity (Wildman–Crippen MR) is 105 cm³/mol. The third kappa shape index (κ3) is 6.60. The highest BCUT2D eigenvalue weighted by Crippen LogP contribution is 2.30. The van der Waals surface area contributed by atoms with Crippen LogP contribution in [0, 0.1) is 11.8 Å². The van der Waals surface area contributed by atoms with E-state index in [1.165, 1.54) is 5.56 Å². The molecule has 2 rings (SSSR count). The summed E-state index contributed by atoms with van der Waals surface area (Å²) in [7, 11) is 2.11. The third-order valence-corrected chi connectivity index (χ3v) is 4.75. The van der Waals surface area contributed by atoms with Crippen LogP contribution in [0.1, 0.15) is 37.3 Å². The molecule has 1 aliphatic rings. The lowest BCUT2D eigenvalue weighted by molar-refractivity contribution is -0.126. The maximum Gasteiger partial charge on any atom is 0.223 e. The molecule has 1 aromatic rings. The Morgan fingerprint density at radius 1 is 1.29 bits per heavy atom. The van der Waals surface area contributed by atoms with Gasteiger partial charge in [0.25, 0.3) is 0 Å². The molecule has 1 aromatic carbocycles. The lowest BCUT2D eigenvalue weighted by Crippen LogP contribution is -2.34. The van der Waals surface area contributed by atoms with Crippen molar-refractivity contribution in [3.63, 3.8) is 0 Å². The zero-order chi connectivity index (χ0) is 15.9. The van der Waals surface area contributed by atoms with Crippen molar-refractivity contribution in [2.24, 2.45) is 17.6 Å². The lowest BCUT2D eigenvalue weighted by Gasteiger charge is -2.18. The molecule has 0 saturated heterocycles. The van der Waals surface area contributed by atoms with Crippen molar-refractivity contribution in [1.82, 2.24) is 10.2 Å². The number of carbonyl (C=O) groups excluding carboxylic acids is 1. The van der Waals surface area contributed by atoms with E-state index in [0.29, 0.717) is 19.0 Å². The Bertz CT molecular complexity index is 499. The molecule has 0 aromatic heterocycles. The van der Waals surface area contributed by atoms with Crippen molar-refractivity contribution >= 4 is 30.7 Å². The number of amides is 1. The quantitative estimate of drug-likeness (QED) is 0.769. The van der Waals surface area contributed by atoms with Gasteiger partial charge >= 0.3 is 0 Å². The van der Waals surface area contributed by atoms with Crippen LogP contribution in [0.3, 0.4) is 0 Å². The van der Waals surface area contributed by atoms with Gasteiger partial charge in [-0.2, -0.15) is 0 Å². The molecule has 0 aliphatic heterocycles. The van der Waals surface area contributed by atoms with Gasteiger partial charge in [-0.05, 0) is 50.0 Å². The highest BCUT2D eigenvalue weighted by Gasteiger charge is 2.31. The van der Waals surface area contributed by atoms with E-state index in [-0.39, 0.29) is 36.6 Å². The SMILES string of the molecule is CCN(C)Cc1cccc(CNC(=O)[C@@H]2CCC[C@@H]2CN)c1.Cl.Cl. The largest absolute Gasteiger partial charge is 0.352 e. The van der Waals surface area contributed by atoms with Crippen molar-refractivity contribution in [2.75, 3.05) is 20.1 Å². The molecule has 2 atom stereocenters. The zero-order valence-electron chi connectivity index (χ0n) is 14.7. The Balaban J connectivity index is 0.00000264. The summed E-state index contributed by atoms with van der Waals surface area (Å²) in [4.78, 5) is 14.6. The van der Waals surface area contributed by atoms with Crippen LogP contribution in [0.2, 0.25) is 0 Å². The summed E-state index contributed by atoms with van der Waals surface area (Å²) in [6.45, 7) is 5.35. The lowest BCUT2D eigenvalue weighted by atomic mass is 9.95. The second kappa shape index (κ2) is 11.7. The molecule has 0 bridgehead atoms. The molecule has 0 radical (unpaired) electrons. The first-order valence-corrected chi connectivity index (χ1v) is 8.38. The Labute approximate surface area is 158 Å². The second-order valence-electron chi connectivity index (χ2n) is 6.40. The van der Waals surface area contributed by atoms with Crippen molar-refractivity contribution in [2.45, 2.75) is 39.3 Å². The summed E-state index contributed by atoms with van der Waals surface area (Å²) in [5.41, 5.74) is 8.22. The van der Waals surface area contributed by atoms with Crippen LogP contribution in [0.5, 0.6) is 0 Å². The fourth-order valence-corrected chi connectivity index (χ4v) is 3.25. The highest BCUT2D eigenvalue weighted by atomic mass is 35.5. The molecule has 0 unspecified atom stereocenters. The molecule has 1 fully saturated rings. The van der Waals surface area contributed by atoms with Gasteiger partial charge in [0.2, 0.25) is 5.91 Å². The molecule has 3 N–H and O–H groups in total. The second-order valence-corrected chi connectivity index (χ2v) is 6.40. The normalized spacial score (nSPS) is 19.5. The minimum absolute atomic E-state index is 0. The average Bonchev–Trinajstić information content (AvgIpc) is 3.01. The number of nitrogens with one attached hydrogen (secondary N) is 1. The Kier molecular flexibility index (Phi) is 11.3. The maximum atomic E-state index is 12.3. The summed E-state index contributed by atoms with van der Waals surface area (Å²) in [6, 6.07) is 8.46. The van der Waals surface area contributed by atoms with Gasteiger partial charge in [-0.25, -0.2) is 0 Å². The summed E-state index contributed by atoms with van der Waals surface area (Å²) < 4.78 is 0. The Hall–Kier alpha value is -0.810. The number of halogens is 2. The number of rotatable bonds is 7. The van der Waals surface area contributed by atoms with Crippen LogP contribution < -0.4 is 11.1 Å². The molecular weight excluding hydrogens is 345 g/mol. The highest BCUT2D eigenvalue weighted by molar-refractivity contribution is 5.85. The van der Waals surface area contributed by atoms with E-state index in [0.717, 1.165) is 37.9 Å². The van der Waals surface area contributed by atoms with Gasteiger partial charge in [-0.1, -0.05) is 37.6 Å². The van der Waals surface area contributed by atoms with Crippen LogP contribution in [0.15, 0.2) is 24.3 Å². The van der Waals surface area contributed by atoms with Gasteiger partial charge < -0.3 is 16.0 Å². The van der Waals surface area contributed by atoms with E-state index in [2.05, 4.69) is 48.5 Å². The molecule has 0 heterocycles. The summed E-state index contributed by atoms with van der Waals surface area (Å²) >= 11 is 0. The molecule has 1 aliphatic carbocycles. The third-order valence-electron chi connectivity index (χ3n) is 4.75. The molecule has 0 spiro atoms. The minimum Gasteiger partial charge on any atom is -0.352 e. The predicted octanol–water partition coefficient (Wildman–Crippen LogP) is 2.97. The van der Waals surface area contributed by atoms with E-state index in [4.69, 9.17) is 5.73 Å². The summed E-state index contributed by atoms with van der Waals surface area (Å²) in [6.07, 6.45) is 3.20. The first kappa shape index (κ1) is 23.2. The fourth-order valence-electron chi connectivity index (χ4n) is 3.25. The zero-order valence-corrected chi connectivity index (χ0v) is 16.3. The van der Waals surface area contributed by atoms with E-state index in [9.17, 15) is 4.79 Å². The van der Waals surface area contributed by atoms with E-state index in [1.807, 2.05) is 0 Å². The van der Waals surface area contributed by atoms with Crippen molar-refractivity contribution in [3.8, 4) is 0 Å². The standard InChI is InChI=1S/C18H29N3O.2ClH/c1-3-21(2)13-15-7-4-6-14(10-15)12-20-18(22)17-9-5-8-16(17)11-19;;/h4,6-7,10,16-17H,3,5,8-9,11-13,19H2,1-2H3,(H,20,22);2*1H/t16-,17-;;/m1../s1. The van der Waals surface area contributed by atoms with Gasteiger partial charge in [-0.15, -0.1) is 24.8 Å². The first-order valence-electron chi connectivity index (χ1n) is 8.38. The first-order chi connectivity index (χ1) is 10.6. The van der Waals surface area contributed by atoms with Crippen molar-refractivity contribution in [1.29, 1.82) is 0 Å². The smallest absolute Gasteiger partial charge is 0.223 e. The molecule has 1 saturated carbocycles. The number of hydrogen-bond donors (Lipinski definition) is 2. The van der Waals surface area contributed by atoms with E-state index < -0.39 is 0 Å². The maximum absolute atomic E-state index is 12.3. The molecular formula is C18H31Cl2N3O. The Morgan fingerprint density at radius 2 is 2.00 bits per heavy atom. The topological polar surface area (TPSA) is 58.4 Å². The Morgan fingerprint density at radius 3 is 2.67 bits per heavy atom. The molecule has 6 heteroatoms. The minimum atomic E-state index is 0. The number of nitrogens with zero attached hydrogens (tertiary/aromatic N) is 1. The van der Waals surface area contributed by atoms with Gasteiger partial charge in [0.05, 0.1) is 0 Å². The fraction of sp³-hybridized carbons (Fsp3) is 0.611. The average molecular weight is 376 g/mol.